The molecule has 1 N–H and O–H groups in total. The first-order valence-electron chi connectivity index (χ1n) is 8.15. The first-order chi connectivity index (χ1) is 9.66. The van der Waals surface area contributed by atoms with Crippen molar-refractivity contribution in [2.75, 3.05) is 20.1 Å². The molecule has 1 aromatic rings. The average molecular weight is 274 g/mol. The number of benzene rings is 1. The van der Waals surface area contributed by atoms with Crippen LogP contribution in [-0.4, -0.2) is 31.1 Å². The number of piperidine rings is 1. The van der Waals surface area contributed by atoms with Crippen LogP contribution >= 0.6 is 0 Å². The summed E-state index contributed by atoms with van der Waals surface area (Å²) < 4.78 is 0. The Kier molecular flexibility index (Phi) is 6.06. The largest absolute Gasteiger partial charge is 0.310 e. The van der Waals surface area contributed by atoms with E-state index in [1.54, 1.807) is 0 Å². The minimum absolute atomic E-state index is 0.490. The Balaban J connectivity index is 2.02. The number of hydrogen-bond acceptors (Lipinski definition) is 2. The van der Waals surface area contributed by atoms with Crippen LogP contribution in [0.3, 0.4) is 0 Å². The van der Waals surface area contributed by atoms with Gasteiger partial charge in [0.25, 0.3) is 0 Å². The molecule has 2 heteroatoms. The normalized spacial score (nSPS) is 22.1. The molecule has 0 bridgehead atoms. The molecule has 112 valence electrons. The Bertz CT molecular complexity index is 374. The third-order valence-corrected chi connectivity index (χ3v) is 4.40. The number of rotatable bonds is 6. The van der Waals surface area contributed by atoms with E-state index in [9.17, 15) is 0 Å². The lowest BCUT2D eigenvalue weighted by Gasteiger charge is -2.35. The molecule has 20 heavy (non-hydrogen) atoms. The minimum atomic E-state index is 0.490. The summed E-state index contributed by atoms with van der Waals surface area (Å²) in [5.74, 6) is 0.699. The van der Waals surface area contributed by atoms with E-state index < -0.39 is 0 Å². The molecule has 1 heterocycles. The first kappa shape index (κ1) is 15.5. The van der Waals surface area contributed by atoms with Gasteiger partial charge in [0.1, 0.15) is 0 Å². The second-order valence-electron chi connectivity index (χ2n) is 6.63. The lowest BCUT2D eigenvalue weighted by Crippen LogP contribution is -2.39. The van der Waals surface area contributed by atoms with E-state index in [0.717, 1.165) is 12.6 Å². The van der Waals surface area contributed by atoms with Gasteiger partial charge in [-0.3, -0.25) is 0 Å². The van der Waals surface area contributed by atoms with Crippen molar-refractivity contribution in [3.63, 3.8) is 0 Å². The fourth-order valence-electron chi connectivity index (χ4n) is 3.11. The molecule has 1 aliphatic heterocycles. The highest BCUT2D eigenvalue weighted by Crippen LogP contribution is 2.26. The molecule has 1 fully saturated rings. The van der Waals surface area contributed by atoms with Crippen molar-refractivity contribution in [3.8, 4) is 0 Å². The Labute approximate surface area is 124 Å². The lowest BCUT2D eigenvalue weighted by molar-refractivity contribution is 0.162. The van der Waals surface area contributed by atoms with Crippen LogP contribution in [0.15, 0.2) is 30.3 Å². The van der Waals surface area contributed by atoms with Gasteiger partial charge in [-0.1, -0.05) is 50.6 Å². The van der Waals surface area contributed by atoms with Crippen LogP contribution in [0.1, 0.15) is 51.1 Å². The van der Waals surface area contributed by atoms with Crippen LogP contribution in [0.4, 0.5) is 0 Å². The summed E-state index contributed by atoms with van der Waals surface area (Å²) in [7, 11) is 2.29. The summed E-state index contributed by atoms with van der Waals surface area (Å²) in [6, 6.07) is 12.2. The highest BCUT2D eigenvalue weighted by Gasteiger charge is 2.23. The SMILES string of the molecule is CC(C)CNC(CC1CCCCN1C)c1ccccc1. The van der Waals surface area contributed by atoms with Crippen LogP contribution in [0.25, 0.3) is 0 Å². The summed E-state index contributed by atoms with van der Waals surface area (Å²) in [6.45, 7) is 6.91. The van der Waals surface area contributed by atoms with E-state index in [2.05, 4.69) is 61.4 Å². The van der Waals surface area contributed by atoms with Gasteiger partial charge < -0.3 is 10.2 Å². The molecule has 0 amide bonds. The quantitative estimate of drug-likeness (QED) is 0.847. The van der Waals surface area contributed by atoms with Gasteiger partial charge in [0.15, 0.2) is 0 Å². The molecule has 1 saturated heterocycles. The fraction of sp³-hybridized carbons (Fsp3) is 0.667. The highest BCUT2D eigenvalue weighted by molar-refractivity contribution is 5.19. The standard InChI is InChI=1S/C18H30N2/c1-15(2)14-19-18(16-9-5-4-6-10-16)13-17-11-7-8-12-20(17)3/h4-6,9-10,15,17-19H,7-8,11-14H2,1-3H3. The molecular weight excluding hydrogens is 244 g/mol. The van der Waals surface area contributed by atoms with Gasteiger partial charge in [0.2, 0.25) is 0 Å². The number of likely N-dealkylation sites (tertiary alicyclic amines) is 1. The Hall–Kier alpha value is -0.860. The third kappa shape index (κ3) is 4.60. The van der Waals surface area contributed by atoms with Gasteiger partial charge in [-0.05, 0) is 50.9 Å². The topological polar surface area (TPSA) is 15.3 Å². The van der Waals surface area contributed by atoms with Gasteiger partial charge in [0, 0.05) is 12.1 Å². The van der Waals surface area contributed by atoms with Crippen molar-refractivity contribution in [1.29, 1.82) is 0 Å². The van der Waals surface area contributed by atoms with Crippen LogP contribution in [-0.2, 0) is 0 Å². The average Bonchev–Trinajstić information content (AvgIpc) is 2.46. The molecule has 0 radical (unpaired) electrons. The zero-order valence-electron chi connectivity index (χ0n) is 13.3. The van der Waals surface area contributed by atoms with Crippen molar-refractivity contribution >= 4 is 0 Å². The van der Waals surface area contributed by atoms with Gasteiger partial charge in [-0.25, -0.2) is 0 Å². The number of nitrogens with one attached hydrogen (secondary N) is 1. The zero-order valence-corrected chi connectivity index (χ0v) is 13.3. The van der Waals surface area contributed by atoms with Gasteiger partial charge >= 0.3 is 0 Å². The minimum Gasteiger partial charge on any atom is -0.310 e. The summed E-state index contributed by atoms with van der Waals surface area (Å²) in [5.41, 5.74) is 1.44. The van der Waals surface area contributed by atoms with E-state index in [4.69, 9.17) is 0 Å². The summed E-state index contributed by atoms with van der Waals surface area (Å²) in [4.78, 5) is 2.55. The molecule has 0 aromatic heterocycles. The van der Waals surface area contributed by atoms with E-state index >= 15 is 0 Å². The van der Waals surface area contributed by atoms with Crippen LogP contribution in [0, 0.1) is 5.92 Å². The Morgan fingerprint density at radius 1 is 1.20 bits per heavy atom. The summed E-state index contributed by atoms with van der Waals surface area (Å²) in [6.07, 6.45) is 5.33. The van der Waals surface area contributed by atoms with E-state index in [1.807, 2.05) is 0 Å². The number of nitrogens with zero attached hydrogens (tertiary/aromatic N) is 1. The fourth-order valence-corrected chi connectivity index (χ4v) is 3.11. The molecule has 0 spiro atoms. The molecule has 2 rings (SSSR count). The molecule has 2 atom stereocenters. The van der Waals surface area contributed by atoms with Crippen molar-refractivity contribution in [2.24, 2.45) is 5.92 Å². The predicted octanol–water partition coefficient (Wildman–Crippen LogP) is 3.85. The smallest absolute Gasteiger partial charge is 0.0335 e. The van der Waals surface area contributed by atoms with Gasteiger partial charge in [-0.15, -0.1) is 0 Å². The molecule has 1 aliphatic rings. The van der Waals surface area contributed by atoms with Crippen LogP contribution < -0.4 is 5.32 Å². The summed E-state index contributed by atoms with van der Waals surface area (Å²) in [5, 5.41) is 3.78. The molecule has 1 aromatic carbocycles. The maximum Gasteiger partial charge on any atom is 0.0335 e. The molecule has 2 unspecified atom stereocenters. The monoisotopic (exact) mass is 274 g/mol. The maximum absolute atomic E-state index is 3.78. The maximum atomic E-state index is 3.78. The molecule has 2 nitrogen and oxygen atoms in total. The van der Waals surface area contributed by atoms with Crippen LogP contribution in [0.5, 0.6) is 0 Å². The van der Waals surface area contributed by atoms with Crippen molar-refractivity contribution < 1.29 is 0 Å². The van der Waals surface area contributed by atoms with Crippen LogP contribution in [0.2, 0.25) is 0 Å². The van der Waals surface area contributed by atoms with Gasteiger partial charge in [-0.2, -0.15) is 0 Å². The van der Waals surface area contributed by atoms with E-state index in [-0.39, 0.29) is 0 Å². The number of hydrogen-bond donors (Lipinski definition) is 1. The lowest BCUT2D eigenvalue weighted by atomic mass is 9.92. The molecular formula is C18H30N2. The first-order valence-corrected chi connectivity index (χ1v) is 8.15. The van der Waals surface area contributed by atoms with E-state index in [0.29, 0.717) is 12.0 Å². The van der Waals surface area contributed by atoms with Crippen molar-refractivity contribution in [3.05, 3.63) is 35.9 Å². The highest BCUT2D eigenvalue weighted by atomic mass is 15.1. The Morgan fingerprint density at radius 2 is 1.95 bits per heavy atom. The summed E-state index contributed by atoms with van der Waals surface area (Å²) >= 11 is 0. The second kappa shape index (κ2) is 7.80. The third-order valence-electron chi connectivity index (χ3n) is 4.40. The predicted molar refractivity (Wildman–Crippen MR) is 86.9 cm³/mol. The van der Waals surface area contributed by atoms with Gasteiger partial charge in [0.05, 0.1) is 0 Å². The Morgan fingerprint density at radius 3 is 2.60 bits per heavy atom. The van der Waals surface area contributed by atoms with Crippen molar-refractivity contribution in [2.45, 2.75) is 51.6 Å². The molecule has 0 aliphatic carbocycles. The molecule has 0 saturated carbocycles. The second-order valence-corrected chi connectivity index (χ2v) is 6.63. The van der Waals surface area contributed by atoms with E-state index in [1.165, 1.54) is 37.8 Å². The zero-order chi connectivity index (χ0) is 14.4. The van der Waals surface area contributed by atoms with Crippen molar-refractivity contribution in [1.82, 2.24) is 10.2 Å².